The van der Waals surface area contributed by atoms with Gasteiger partial charge in [0.15, 0.2) is 0 Å². The average molecular weight is 241 g/mol. The highest BCUT2D eigenvalue weighted by Crippen LogP contribution is 2.29. The fourth-order valence-electron chi connectivity index (χ4n) is 1.96. The second-order valence-electron chi connectivity index (χ2n) is 4.57. The number of aryl methyl sites for hydroxylation is 1. The van der Waals surface area contributed by atoms with Crippen molar-refractivity contribution < 1.29 is 0 Å². The van der Waals surface area contributed by atoms with Crippen LogP contribution in [-0.2, 0) is 11.8 Å². The van der Waals surface area contributed by atoms with Crippen LogP contribution in [0.4, 0.5) is 0 Å². The van der Waals surface area contributed by atoms with Gasteiger partial charge in [-0.15, -0.1) is 11.3 Å². The quantitative estimate of drug-likeness (QED) is 0.794. The molecule has 1 atom stereocenters. The second kappa shape index (κ2) is 4.73. The van der Waals surface area contributed by atoms with Gasteiger partial charge in [0.2, 0.25) is 0 Å². The van der Waals surface area contributed by atoms with Gasteiger partial charge in [-0.25, -0.2) is 0 Å². The van der Waals surface area contributed by atoms with Gasteiger partial charge in [-0.1, -0.05) is 35.9 Å². The first-order valence-corrected chi connectivity index (χ1v) is 6.53. The smallest absolute Gasteiger partial charge is 0.0842 e. The van der Waals surface area contributed by atoms with E-state index in [0.717, 1.165) is 12.0 Å². The van der Waals surface area contributed by atoms with Gasteiger partial charge in [-0.2, -0.15) is 5.26 Å². The minimum atomic E-state index is -0.434. The van der Waals surface area contributed by atoms with Crippen molar-refractivity contribution in [3.63, 3.8) is 0 Å². The van der Waals surface area contributed by atoms with E-state index in [2.05, 4.69) is 36.6 Å². The molecule has 1 unspecified atom stereocenters. The molecule has 0 fully saturated rings. The van der Waals surface area contributed by atoms with Crippen molar-refractivity contribution >= 4 is 11.3 Å². The zero-order valence-electron chi connectivity index (χ0n) is 10.1. The minimum absolute atomic E-state index is 0.434. The molecule has 86 valence electrons. The molecule has 1 heterocycles. The van der Waals surface area contributed by atoms with Crippen molar-refractivity contribution in [2.24, 2.45) is 0 Å². The predicted molar refractivity (Wildman–Crippen MR) is 72.2 cm³/mol. The fraction of sp³-hybridized carbons (Fsp3) is 0.267. The minimum Gasteiger partial charge on any atom is -0.197 e. The van der Waals surface area contributed by atoms with Crippen LogP contribution in [0, 0.1) is 18.3 Å². The Hall–Kier alpha value is -1.59. The molecule has 0 bridgehead atoms. The van der Waals surface area contributed by atoms with Crippen LogP contribution >= 0.6 is 11.3 Å². The van der Waals surface area contributed by atoms with E-state index in [-0.39, 0.29) is 0 Å². The van der Waals surface area contributed by atoms with Gasteiger partial charge in [0.05, 0.1) is 11.5 Å². The molecule has 0 aliphatic rings. The zero-order chi connectivity index (χ0) is 12.3. The molecular weight excluding hydrogens is 226 g/mol. The SMILES string of the molecule is Cc1cccc(C(C)(C#N)Cc2cccs2)c1. The van der Waals surface area contributed by atoms with Crippen LogP contribution in [0.1, 0.15) is 22.9 Å². The molecule has 1 aromatic carbocycles. The van der Waals surface area contributed by atoms with E-state index in [9.17, 15) is 5.26 Å². The van der Waals surface area contributed by atoms with Crippen LogP contribution in [-0.4, -0.2) is 0 Å². The second-order valence-corrected chi connectivity index (χ2v) is 5.60. The van der Waals surface area contributed by atoms with Crippen LogP contribution in [0.25, 0.3) is 0 Å². The largest absolute Gasteiger partial charge is 0.197 e. The van der Waals surface area contributed by atoms with E-state index in [0.29, 0.717) is 0 Å². The Bertz CT molecular complexity index is 536. The van der Waals surface area contributed by atoms with Gasteiger partial charge in [0.1, 0.15) is 0 Å². The van der Waals surface area contributed by atoms with E-state index in [1.807, 2.05) is 25.1 Å². The monoisotopic (exact) mass is 241 g/mol. The first-order chi connectivity index (χ1) is 8.14. The van der Waals surface area contributed by atoms with Crippen molar-refractivity contribution in [1.82, 2.24) is 0 Å². The van der Waals surface area contributed by atoms with Crippen molar-refractivity contribution in [2.45, 2.75) is 25.7 Å². The van der Waals surface area contributed by atoms with Gasteiger partial charge in [-0.05, 0) is 30.9 Å². The number of nitriles is 1. The Kier molecular flexibility index (Phi) is 3.31. The first-order valence-electron chi connectivity index (χ1n) is 5.65. The Morgan fingerprint density at radius 3 is 2.71 bits per heavy atom. The van der Waals surface area contributed by atoms with Crippen LogP contribution < -0.4 is 0 Å². The molecule has 0 saturated heterocycles. The summed E-state index contributed by atoms with van der Waals surface area (Å²) in [5.41, 5.74) is 1.88. The number of rotatable bonds is 3. The molecule has 1 aromatic heterocycles. The highest BCUT2D eigenvalue weighted by atomic mass is 32.1. The Morgan fingerprint density at radius 1 is 1.29 bits per heavy atom. The van der Waals surface area contributed by atoms with Crippen LogP contribution in [0.5, 0.6) is 0 Å². The van der Waals surface area contributed by atoms with Crippen molar-refractivity contribution in [1.29, 1.82) is 5.26 Å². The van der Waals surface area contributed by atoms with Gasteiger partial charge >= 0.3 is 0 Å². The zero-order valence-corrected chi connectivity index (χ0v) is 10.9. The lowest BCUT2D eigenvalue weighted by Crippen LogP contribution is -2.22. The standard InChI is InChI=1S/C15H15NS/c1-12-5-3-6-13(9-12)15(2,11-16)10-14-7-4-8-17-14/h3-9H,10H2,1-2H3. The average Bonchev–Trinajstić information content (AvgIpc) is 2.81. The Labute approximate surface area is 106 Å². The summed E-state index contributed by atoms with van der Waals surface area (Å²) in [6.07, 6.45) is 0.782. The summed E-state index contributed by atoms with van der Waals surface area (Å²) in [4.78, 5) is 1.26. The van der Waals surface area contributed by atoms with E-state index in [1.165, 1.54) is 10.4 Å². The molecule has 2 aromatic rings. The Morgan fingerprint density at radius 2 is 2.12 bits per heavy atom. The lowest BCUT2D eigenvalue weighted by Gasteiger charge is -2.21. The van der Waals surface area contributed by atoms with Crippen molar-refractivity contribution in [3.8, 4) is 6.07 Å². The number of thiophene rings is 1. The highest BCUT2D eigenvalue weighted by molar-refractivity contribution is 7.09. The molecule has 17 heavy (non-hydrogen) atoms. The molecule has 0 aliphatic carbocycles. The molecular formula is C15H15NS. The molecule has 0 N–H and O–H groups in total. The highest BCUT2D eigenvalue weighted by Gasteiger charge is 2.27. The van der Waals surface area contributed by atoms with Crippen LogP contribution in [0.15, 0.2) is 41.8 Å². The van der Waals surface area contributed by atoms with E-state index in [1.54, 1.807) is 11.3 Å². The normalized spacial score (nSPS) is 13.9. The lowest BCUT2D eigenvalue weighted by molar-refractivity contribution is 0.612. The van der Waals surface area contributed by atoms with Gasteiger partial charge in [0.25, 0.3) is 0 Å². The maximum Gasteiger partial charge on any atom is 0.0842 e. The number of hydrogen-bond donors (Lipinski definition) is 0. The topological polar surface area (TPSA) is 23.8 Å². The van der Waals surface area contributed by atoms with E-state index >= 15 is 0 Å². The summed E-state index contributed by atoms with van der Waals surface area (Å²) < 4.78 is 0. The summed E-state index contributed by atoms with van der Waals surface area (Å²) in [5, 5.41) is 11.5. The summed E-state index contributed by atoms with van der Waals surface area (Å²) >= 11 is 1.71. The molecule has 2 rings (SSSR count). The lowest BCUT2D eigenvalue weighted by atomic mass is 9.80. The van der Waals surface area contributed by atoms with Crippen molar-refractivity contribution in [3.05, 3.63) is 57.8 Å². The van der Waals surface area contributed by atoms with E-state index in [4.69, 9.17) is 0 Å². The summed E-state index contributed by atoms with van der Waals surface area (Å²) in [6, 6.07) is 14.8. The molecule has 0 radical (unpaired) electrons. The third-order valence-electron chi connectivity index (χ3n) is 3.01. The predicted octanol–water partition coefficient (Wildman–Crippen LogP) is 4.08. The summed E-state index contributed by atoms with van der Waals surface area (Å²) in [5.74, 6) is 0. The van der Waals surface area contributed by atoms with Gasteiger partial charge in [-0.3, -0.25) is 0 Å². The Balaban J connectivity index is 2.35. The third-order valence-corrected chi connectivity index (χ3v) is 3.89. The van der Waals surface area contributed by atoms with Crippen LogP contribution in [0.3, 0.4) is 0 Å². The molecule has 0 spiro atoms. The number of nitrogens with zero attached hydrogens (tertiary/aromatic N) is 1. The summed E-state index contributed by atoms with van der Waals surface area (Å²) in [6.45, 7) is 4.08. The molecule has 2 heteroatoms. The van der Waals surface area contributed by atoms with Crippen molar-refractivity contribution in [2.75, 3.05) is 0 Å². The third kappa shape index (κ3) is 2.57. The first kappa shape index (κ1) is 11.9. The number of benzene rings is 1. The molecule has 0 aliphatic heterocycles. The van der Waals surface area contributed by atoms with Gasteiger partial charge in [0, 0.05) is 11.3 Å². The van der Waals surface area contributed by atoms with Gasteiger partial charge < -0.3 is 0 Å². The molecule has 1 nitrogen and oxygen atoms in total. The van der Waals surface area contributed by atoms with Crippen LogP contribution in [0.2, 0.25) is 0 Å². The van der Waals surface area contributed by atoms with E-state index < -0.39 is 5.41 Å². The summed E-state index contributed by atoms with van der Waals surface area (Å²) in [7, 11) is 0. The maximum absolute atomic E-state index is 9.48. The molecule has 0 amide bonds. The maximum atomic E-state index is 9.48. The molecule has 0 saturated carbocycles. The fourth-order valence-corrected chi connectivity index (χ4v) is 2.82. The number of hydrogen-bond acceptors (Lipinski definition) is 2.